The van der Waals surface area contributed by atoms with Crippen LogP contribution in [0.4, 0.5) is 0 Å². The molecule has 0 aromatic heterocycles. The maximum Gasteiger partial charge on any atom is 0.0643 e. The lowest BCUT2D eigenvalue weighted by molar-refractivity contribution is 0.271. The molecule has 0 aromatic rings. The standard InChI is InChI=1S/C12H25NSi/c1-3-4-11-14-12(2)13-9-7-5-6-8-10-13/h4,11-12H,3,5-10,14H2,1-2H3. The minimum atomic E-state index is 0.00978. The zero-order valence-electron chi connectivity index (χ0n) is 9.84. The van der Waals surface area contributed by atoms with Crippen molar-refractivity contribution < 1.29 is 0 Å². The number of nitrogens with zero attached hydrogens (tertiary/aromatic N) is 1. The van der Waals surface area contributed by atoms with Crippen LogP contribution in [0.1, 0.15) is 46.0 Å². The molecule has 0 spiro atoms. The van der Waals surface area contributed by atoms with Crippen molar-refractivity contribution in [2.24, 2.45) is 0 Å². The first-order valence-corrected chi connectivity index (χ1v) is 7.87. The normalized spacial score (nSPS) is 23.3. The van der Waals surface area contributed by atoms with Crippen LogP contribution in [0.25, 0.3) is 0 Å². The third-order valence-electron chi connectivity index (χ3n) is 3.14. The van der Waals surface area contributed by atoms with Gasteiger partial charge >= 0.3 is 0 Å². The second kappa shape index (κ2) is 7.24. The zero-order chi connectivity index (χ0) is 10.2. The van der Waals surface area contributed by atoms with Crippen LogP contribution in [0.3, 0.4) is 0 Å². The van der Waals surface area contributed by atoms with Gasteiger partial charge in [-0.05, 0) is 38.0 Å². The second-order valence-corrected chi connectivity index (χ2v) is 6.54. The summed E-state index contributed by atoms with van der Waals surface area (Å²) in [5.41, 5.74) is 3.37. The van der Waals surface area contributed by atoms with Gasteiger partial charge in [-0.3, -0.25) is 0 Å². The highest BCUT2D eigenvalue weighted by molar-refractivity contribution is 6.43. The Morgan fingerprint density at radius 1 is 1.21 bits per heavy atom. The maximum absolute atomic E-state index is 2.72. The van der Waals surface area contributed by atoms with Crippen molar-refractivity contribution >= 4 is 9.52 Å². The molecule has 0 aliphatic carbocycles. The predicted octanol–water partition coefficient (Wildman–Crippen LogP) is 2.30. The molecule has 1 aliphatic heterocycles. The van der Waals surface area contributed by atoms with Gasteiger partial charge in [0.05, 0.1) is 9.52 Å². The van der Waals surface area contributed by atoms with Crippen LogP contribution in [0.5, 0.6) is 0 Å². The molecule has 82 valence electrons. The summed E-state index contributed by atoms with van der Waals surface area (Å²) in [5, 5.41) is 0. The Hall–Kier alpha value is -0.0831. The number of hydrogen-bond acceptors (Lipinski definition) is 1. The number of rotatable bonds is 4. The van der Waals surface area contributed by atoms with E-state index in [9.17, 15) is 0 Å². The van der Waals surface area contributed by atoms with Gasteiger partial charge in [0.1, 0.15) is 0 Å². The second-order valence-electron chi connectivity index (χ2n) is 4.41. The van der Waals surface area contributed by atoms with E-state index in [-0.39, 0.29) is 9.52 Å². The third kappa shape index (κ3) is 4.42. The van der Waals surface area contributed by atoms with Crippen LogP contribution in [0.15, 0.2) is 11.8 Å². The SMILES string of the molecule is CCC=C[SiH2]C(C)N1CCCCCC1. The van der Waals surface area contributed by atoms with E-state index in [0.717, 1.165) is 5.67 Å². The summed E-state index contributed by atoms with van der Waals surface area (Å²) in [5.74, 6) is 0. The summed E-state index contributed by atoms with van der Waals surface area (Å²) in [6.45, 7) is 7.36. The van der Waals surface area contributed by atoms with Gasteiger partial charge in [0.2, 0.25) is 0 Å². The zero-order valence-corrected chi connectivity index (χ0v) is 11.3. The fourth-order valence-corrected chi connectivity index (χ4v) is 3.73. The highest BCUT2D eigenvalue weighted by Gasteiger charge is 2.14. The summed E-state index contributed by atoms with van der Waals surface area (Å²) in [4.78, 5) is 2.72. The van der Waals surface area contributed by atoms with Crippen molar-refractivity contribution in [1.82, 2.24) is 4.90 Å². The van der Waals surface area contributed by atoms with E-state index in [0.29, 0.717) is 0 Å². The largest absolute Gasteiger partial charge is 0.304 e. The van der Waals surface area contributed by atoms with Gasteiger partial charge in [0, 0.05) is 0 Å². The Balaban J connectivity index is 2.26. The maximum atomic E-state index is 2.72. The first-order chi connectivity index (χ1) is 6.84. The molecule has 0 saturated carbocycles. The molecule has 0 radical (unpaired) electrons. The van der Waals surface area contributed by atoms with Gasteiger partial charge in [-0.25, -0.2) is 0 Å². The molecule has 0 amide bonds. The number of hydrogen-bond donors (Lipinski definition) is 0. The van der Waals surface area contributed by atoms with Crippen molar-refractivity contribution in [2.75, 3.05) is 13.1 Å². The average molecular weight is 211 g/mol. The van der Waals surface area contributed by atoms with Crippen LogP contribution in [-0.4, -0.2) is 33.2 Å². The van der Waals surface area contributed by atoms with Crippen molar-refractivity contribution in [1.29, 1.82) is 0 Å². The average Bonchev–Trinajstić information content (AvgIpc) is 2.46. The molecule has 0 aromatic carbocycles. The van der Waals surface area contributed by atoms with Gasteiger partial charge in [0.25, 0.3) is 0 Å². The quantitative estimate of drug-likeness (QED) is 0.645. The summed E-state index contributed by atoms with van der Waals surface area (Å²) >= 11 is 0. The summed E-state index contributed by atoms with van der Waals surface area (Å²) < 4.78 is 0. The highest BCUT2D eigenvalue weighted by Crippen LogP contribution is 2.11. The fourth-order valence-electron chi connectivity index (χ4n) is 2.14. The monoisotopic (exact) mass is 211 g/mol. The van der Waals surface area contributed by atoms with Crippen molar-refractivity contribution in [2.45, 2.75) is 51.6 Å². The van der Waals surface area contributed by atoms with Gasteiger partial charge in [0.15, 0.2) is 0 Å². The highest BCUT2D eigenvalue weighted by atomic mass is 28.2. The van der Waals surface area contributed by atoms with Crippen molar-refractivity contribution in [3.05, 3.63) is 11.8 Å². The van der Waals surface area contributed by atoms with E-state index in [1.807, 2.05) is 0 Å². The molecule has 2 heteroatoms. The van der Waals surface area contributed by atoms with E-state index < -0.39 is 0 Å². The molecule has 1 aliphatic rings. The topological polar surface area (TPSA) is 3.24 Å². The lowest BCUT2D eigenvalue weighted by Gasteiger charge is -2.26. The molecule has 1 unspecified atom stereocenters. The van der Waals surface area contributed by atoms with Gasteiger partial charge in [-0.2, -0.15) is 0 Å². The fraction of sp³-hybridized carbons (Fsp3) is 0.833. The Kier molecular flexibility index (Phi) is 6.20. The minimum absolute atomic E-state index is 0.00978. The first kappa shape index (κ1) is 12.0. The van der Waals surface area contributed by atoms with Gasteiger partial charge in [-0.1, -0.05) is 32.8 Å². The Bertz CT molecular complexity index is 160. The molecule has 1 rings (SSSR count). The first-order valence-electron chi connectivity index (χ1n) is 6.23. The summed E-state index contributed by atoms with van der Waals surface area (Å²) in [7, 11) is 0.00978. The van der Waals surface area contributed by atoms with Crippen LogP contribution in [0, 0.1) is 0 Å². The smallest absolute Gasteiger partial charge is 0.0643 e. The van der Waals surface area contributed by atoms with Crippen LogP contribution < -0.4 is 0 Å². The van der Waals surface area contributed by atoms with E-state index in [2.05, 4.69) is 30.5 Å². The lowest BCUT2D eigenvalue weighted by Crippen LogP contribution is -2.37. The molecular formula is C12H25NSi. The molecular weight excluding hydrogens is 186 g/mol. The minimum Gasteiger partial charge on any atom is -0.304 e. The van der Waals surface area contributed by atoms with Gasteiger partial charge in [-0.15, -0.1) is 5.70 Å². The molecule has 1 fully saturated rings. The van der Waals surface area contributed by atoms with Crippen LogP contribution in [0.2, 0.25) is 0 Å². The predicted molar refractivity (Wildman–Crippen MR) is 67.5 cm³/mol. The van der Waals surface area contributed by atoms with Crippen LogP contribution in [-0.2, 0) is 0 Å². The van der Waals surface area contributed by atoms with Crippen LogP contribution >= 0.6 is 0 Å². The molecule has 1 atom stereocenters. The number of likely N-dealkylation sites (tertiary alicyclic amines) is 1. The third-order valence-corrected chi connectivity index (χ3v) is 4.95. The summed E-state index contributed by atoms with van der Waals surface area (Å²) in [6.07, 6.45) is 9.32. The molecule has 1 nitrogen and oxygen atoms in total. The molecule has 0 N–H and O–H groups in total. The Morgan fingerprint density at radius 3 is 2.43 bits per heavy atom. The lowest BCUT2D eigenvalue weighted by atomic mass is 10.2. The van der Waals surface area contributed by atoms with E-state index >= 15 is 0 Å². The summed E-state index contributed by atoms with van der Waals surface area (Å²) in [6, 6.07) is 0. The number of allylic oxidation sites excluding steroid dienone is 1. The van der Waals surface area contributed by atoms with E-state index in [1.165, 1.54) is 45.2 Å². The van der Waals surface area contributed by atoms with E-state index in [1.54, 1.807) is 0 Å². The van der Waals surface area contributed by atoms with Gasteiger partial charge < -0.3 is 4.90 Å². The molecule has 0 bridgehead atoms. The van der Waals surface area contributed by atoms with Crippen molar-refractivity contribution in [3.8, 4) is 0 Å². The molecule has 1 heterocycles. The molecule has 14 heavy (non-hydrogen) atoms. The Morgan fingerprint density at radius 2 is 1.86 bits per heavy atom. The van der Waals surface area contributed by atoms with E-state index in [4.69, 9.17) is 0 Å². The van der Waals surface area contributed by atoms with Crippen molar-refractivity contribution in [3.63, 3.8) is 0 Å². The molecule has 1 saturated heterocycles. The Labute approximate surface area is 91.4 Å².